The Morgan fingerprint density at radius 1 is 0.535 bits per heavy atom. The van der Waals surface area contributed by atoms with Gasteiger partial charge in [-0.1, -0.05) is 25.7 Å². The summed E-state index contributed by atoms with van der Waals surface area (Å²) in [6.07, 6.45) is -5.82. The van der Waals surface area contributed by atoms with Gasteiger partial charge in [0.25, 0.3) is 53.7 Å². The van der Waals surface area contributed by atoms with Gasteiger partial charge < -0.3 is 100 Å². The highest BCUT2D eigenvalue weighted by Gasteiger charge is 2.56. The number of rotatable bonds is 40. The molecule has 99 heavy (non-hydrogen) atoms. The van der Waals surface area contributed by atoms with Crippen LogP contribution in [0, 0.1) is 23.7 Å². The molecule has 578 valence electrons. The number of hydrogen-bond acceptors (Lipinski definition) is 29. The van der Waals surface area contributed by atoms with Crippen LogP contribution < -0.4 is 64.8 Å². The molecule has 0 aromatic heterocycles. The van der Waals surface area contributed by atoms with E-state index < -0.39 is 223 Å². The van der Waals surface area contributed by atoms with Crippen LogP contribution in [0.2, 0.25) is 25.3 Å². The van der Waals surface area contributed by atoms with Gasteiger partial charge in [0.05, 0.1) is 18.6 Å². The molecule has 4 rings (SSSR count). The van der Waals surface area contributed by atoms with E-state index in [0.717, 1.165) is 17.2 Å². The lowest BCUT2D eigenvalue weighted by Gasteiger charge is -2.28. The minimum atomic E-state index is -4.76. The summed E-state index contributed by atoms with van der Waals surface area (Å²) < 4.78 is 201. The lowest BCUT2D eigenvalue weighted by Crippen LogP contribution is -2.56. The van der Waals surface area contributed by atoms with E-state index in [-0.39, 0.29) is 122 Å². The molecule has 4 aliphatic rings. The maximum atomic E-state index is 12.7. The summed E-state index contributed by atoms with van der Waals surface area (Å²) in [7, 11) is -22.9. The van der Waals surface area contributed by atoms with E-state index in [1.165, 1.54) is 0 Å². The molecule has 0 spiro atoms. The van der Waals surface area contributed by atoms with Crippen LogP contribution in [0.4, 0.5) is 30.7 Å². The van der Waals surface area contributed by atoms with E-state index in [4.69, 9.17) is 90.8 Å². The molecule has 55 heteroatoms. The SMILES string of the molecule is NC[C@@H](CF)NS(=O)(=O)N1C[C@H](CCCB(O)O)[C@](N)(C(=O)O)C1.N[C@@H](CNS(=O)(=O)N1C[C@H](CCCB(O)O)[C@](N)(C(=O)O)C1)C(F)F.N[C@@H](CNS(=O)(=O)N1C[C@H](CCCB(O)O)[C@](N)(OC=O)C1)C(F)(F)F.N[C@H](CF)CNS(=O)(=O)N1C[C@H](CCCB(O)O)[C@](N)(C(=O)O)C1. The predicted octanol–water partition coefficient (Wildman–Crippen LogP) is -10.7. The molecule has 31 N–H and O–H groups in total. The molecule has 0 radical (unpaired) electrons. The van der Waals surface area contributed by atoms with E-state index in [2.05, 4.69) is 9.44 Å². The van der Waals surface area contributed by atoms with Crippen molar-refractivity contribution in [3.05, 3.63) is 0 Å². The van der Waals surface area contributed by atoms with E-state index in [9.17, 15) is 98.9 Å². The van der Waals surface area contributed by atoms with Gasteiger partial charge in [0.1, 0.15) is 36.0 Å². The van der Waals surface area contributed by atoms with Crippen LogP contribution >= 0.6 is 0 Å². The predicted molar refractivity (Wildman–Crippen MR) is 339 cm³/mol. The Bertz CT molecular complexity index is 3000. The number of nitrogens with two attached hydrogens (primary N) is 8. The first-order chi connectivity index (χ1) is 45.3. The third-order valence-electron chi connectivity index (χ3n) is 16.4. The normalized spacial score (nSPS) is 26.2. The number of alkyl halides is 7. The summed E-state index contributed by atoms with van der Waals surface area (Å²) in [5.74, 6) is -6.95. The van der Waals surface area contributed by atoms with Gasteiger partial charge in [-0.05, 0) is 51.0 Å². The molecular weight excluding hydrogens is 1440 g/mol. The molecule has 12 atom stereocenters. The zero-order valence-electron chi connectivity index (χ0n) is 53.4. The van der Waals surface area contributed by atoms with Crippen molar-refractivity contribution < 1.29 is 144 Å². The van der Waals surface area contributed by atoms with E-state index in [0.29, 0.717) is 0 Å². The van der Waals surface area contributed by atoms with Crippen LogP contribution in [0.25, 0.3) is 0 Å². The summed E-state index contributed by atoms with van der Waals surface area (Å²) in [6.45, 7) is -6.81. The second-order valence-corrected chi connectivity index (χ2v) is 31.1. The molecule has 4 saturated heterocycles. The summed E-state index contributed by atoms with van der Waals surface area (Å²) in [5, 5.41) is 98.8. The molecular formula is C44H93B4F7N16O24S4. The Hall–Kier alpha value is -3.51. The van der Waals surface area contributed by atoms with Crippen molar-refractivity contribution in [3.63, 3.8) is 0 Å². The maximum Gasteiger partial charge on any atom is 0.451 e. The van der Waals surface area contributed by atoms with E-state index in [1.54, 1.807) is 4.72 Å². The van der Waals surface area contributed by atoms with Gasteiger partial charge in [0.2, 0.25) is 0 Å². The molecule has 0 unspecified atom stereocenters. The molecule has 0 bridgehead atoms. The number of carboxylic acid groups (broad SMARTS) is 3. The topological polar surface area (TPSA) is 706 Å². The lowest BCUT2D eigenvalue weighted by molar-refractivity contribution is -0.146. The number of nitrogens with one attached hydrogen (secondary N) is 4. The summed E-state index contributed by atoms with van der Waals surface area (Å²) in [5.41, 5.74) is 37.0. The molecule has 4 aliphatic heterocycles. The number of halogens is 7. The number of aliphatic carboxylic acids is 3. The zero-order chi connectivity index (χ0) is 76.7. The lowest BCUT2D eigenvalue weighted by atomic mass is 9.78. The smallest absolute Gasteiger partial charge is 0.451 e. The first-order valence-electron chi connectivity index (χ1n) is 30.2. The van der Waals surface area contributed by atoms with Gasteiger partial charge in [-0.2, -0.15) is 68.8 Å². The largest absolute Gasteiger partial charge is 0.480 e. The van der Waals surface area contributed by atoms with Crippen molar-refractivity contribution in [3.8, 4) is 0 Å². The summed E-state index contributed by atoms with van der Waals surface area (Å²) in [6, 6.07) is -6.17. The second kappa shape index (κ2) is 40.7. The minimum Gasteiger partial charge on any atom is -0.480 e. The fourth-order valence-corrected chi connectivity index (χ4v) is 15.9. The van der Waals surface area contributed by atoms with E-state index >= 15 is 0 Å². The number of carbonyl (C=O) groups is 4. The first-order valence-corrected chi connectivity index (χ1v) is 35.9. The Labute approximate surface area is 568 Å². The zero-order valence-corrected chi connectivity index (χ0v) is 56.6. The average molecular weight is 1530 g/mol. The van der Waals surface area contributed by atoms with Gasteiger partial charge in [-0.25, -0.2) is 31.7 Å². The molecule has 0 amide bonds. The molecule has 0 saturated carbocycles. The van der Waals surface area contributed by atoms with Crippen molar-refractivity contribution in [2.24, 2.45) is 69.5 Å². The Kier molecular flexibility index (Phi) is 38.4. The van der Waals surface area contributed by atoms with Gasteiger partial charge in [-0.15, -0.1) is 0 Å². The average Bonchev–Trinajstić information content (AvgIpc) is 1.66. The third-order valence-corrected chi connectivity index (χ3v) is 22.5. The molecule has 4 heterocycles. The summed E-state index contributed by atoms with van der Waals surface area (Å²) >= 11 is 0. The minimum absolute atomic E-state index is 0.000887. The van der Waals surface area contributed by atoms with Crippen LogP contribution in [0.1, 0.15) is 51.4 Å². The number of carboxylic acids is 3. The number of carbonyl (C=O) groups excluding carboxylic acids is 1. The highest BCUT2D eigenvalue weighted by atomic mass is 32.2. The molecule has 0 aliphatic carbocycles. The van der Waals surface area contributed by atoms with Crippen molar-refractivity contribution in [2.45, 2.75) is 136 Å². The van der Waals surface area contributed by atoms with Crippen LogP contribution in [-0.4, -0.2) is 310 Å². The van der Waals surface area contributed by atoms with Crippen molar-refractivity contribution >= 4 is 93.7 Å². The quantitative estimate of drug-likeness (QED) is 0.0117. The van der Waals surface area contributed by atoms with Gasteiger partial charge in [0, 0.05) is 102 Å². The van der Waals surface area contributed by atoms with Crippen LogP contribution in [0.15, 0.2) is 0 Å². The van der Waals surface area contributed by atoms with Crippen LogP contribution in [0.5, 0.6) is 0 Å². The fourth-order valence-electron chi connectivity index (χ4n) is 10.4. The Morgan fingerprint density at radius 2 is 0.848 bits per heavy atom. The molecule has 0 aromatic rings. The number of nitrogens with zero attached hydrogens (tertiary/aromatic N) is 4. The van der Waals surface area contributed by atoms with Crippen molar-refractivity contribution in [2.75, 3.05) is 91.9 Å². The molecule has 0 aromatic carbocycles. The van der Waals surface area contributed by atoms with Gasteiger partial charge in [-0.3, -0.25) is 24.9 Å². The van der Waals surface area contributed by atoms with E-state index in [1.807, 2.05) is 4.72 Å². The Balaban J connectivity index is 0.000000660. The fraction of sp³-hybridized carbons (Fsp3) is 0.909. The first kappa shape index (κ1) is 93.5. The highest BCUT2D eigenvalue weighted by Crippen LogP contribution is 2.36. The number of hydrogen-bond donors (Lipinski definition) is 23. The maximum absolute atomic E-state index is 12.7. The van der Waals surface area contributed by atoms with Crippen molar-refractivity contribution in [1.29, 1.82) is 0 Å². The molecule has 40 nitrogen and oxygen atoms in total. The van der Waals surface area contributed by atoms with Crippen LogP contribution in [0.3, 0.4) is 0 Å². The third kappa shape index (κ3) is 29.5. The van der Waals surface area contributed by atoms with Gasteiger partial charge in [0.15, 0.2) is 5.72 Å². The van der Waals surface area contributed by atoms with Gasteiger partial charge >= 0.3 is 52.6 Å². The summed E-state index contributed by atoms with van der Waals surface area (Å²) in [4.78, 5) is 45.1. The Morgan fingerprint density at radius 3 is 1.14 bits per heavy atom. The second-order valence-electron chi connectivity index (χ2n) is 24.1. The van der Waals surface area contributed by atoms with Crippen molar-refractivity contribution in [1.82, 2.24) is 36.1 Å². The number of ether oxygens (including phenoxy) is 1. The monoisotopic (exact) mass is 1530 g/mol. The molecule has 4 fully saturated rings. The standard InChI is InChI=1S/C11H22BF3N4O6S.C11H23BF2N4O6S.2C11H24BFN4O6S/c13-11(14,15)9(16)4-18-26(23,24)19-5-8(2-1-3-12(21)22)10(17,6-19)25-7-20;13-9(14)8(15)4-17-25(23,24)18-5-7(2-1-3-12(21)22)11(16,6-18)10(19)20;13-4-9(14)5-16-24(22,23)17-6-8(2-1-3-12(20)21)11(15,7-17)10(18)19;13-4-9(5-14)16-24(22,23)17-6-8(2-1-3-12(20)21)11(15,7-17)10(18)19/h7-9,18,21-22H,1-6,16-17H2;7-9,17,21-22H,1-6,15-16H2,(H,19,20);2*8-9,16,20-21H,1-7,14-15H2,(H,18,19)/t8-,9-,10+;7-,8-,11-;2*8-,9+,11-/m0000/s1. The highest BCUT2D eigenvalue weighted by molar-refractivity contribution is 7.88. The van der Waals surface area contributed by atoms with Crippen LogP contribution in [-0.2, 0) is 64.8 Å².